The van der Waals surface area contributed by atoms with Crippen molar-refractivity contribution in [3.05, 3.63) is 48.3 Å². The lowest BCUT2D eigenvalue weighted by Crippen LogP contribution is -2.43. The largest absolute Gasteiger partial charge is 0.339 e. The van der Waals surface area contributed by atoms with Crippen LogP contribution in [0.3, 0.4) is 0 Å². The highest BCUT2D eigenvalue weighted by Crippen LogP contribution is 2.14. The second-order valence-electron chi connectivity index (χ2n) is 5.41. The number of piperidine rings is 1. The number of hydrogen-bond acceptors (Lipinski definition) is 3. The third-order valence-electron chi connectivity index (χ3n) is 4.03. The summed E-state index contributed by atoms with van der Waals surface area (Å²) in [4.78, 5) is 14.4. The van der Waals surface area contributed by atoms with Crippen molar-refractivity contribution in [1.82, 2.24) is 20.0 Å². The quantitative estimate of drug-likeness (QED) is 0.933. The highest BCUT2D eigenvalue weighted by molar-refractivity contribution is 5.93. The topological polar surface area (TPSA) is 50.2 Å². The zero-order valence-electron chi connectivity index (χ0n) is 12.2. The van der Waals surface area contributed by atoms with Gasteiger partial charge in [0.1, 0.15) is 0 Å². The van der Waals surface area contributed by atoms with E-state index in [-0.39, 0.29) is 5.91 Å². The zero-order chi connectivity index (χ0) is 14.7. The summed E-state index contributed by atoms with van der Waals surface area (Å²) in [5.74, 6) is 0.0454. The van der Waals surface area contributed by atoms with Crippen LogP contribution in [0.25, 0.3) is 5.69 Å². The van der Waals surface area contributed by atoms with Crippen molar-refractivity contribution in [2.45, 2.75) is 18.9 Å². The van der Waals surface area contributed by atoms with Crippen molar-refractivity contribution in [2.24, 2.45) is 0 Å². The molecule has 5 nitrogen and oxygen atoms in total. The summed E-state index contributed by atoms with van der Waals surface area (Å²) < 4.78 is 1.74. The molecule has 3 rings (SSSR count). The second kappa shape index (κ2) is 6.10. The fourth-order valence-corrected chi connectivity index (χ4v) is 2.72. The molecule has 21 heavy (non-hydrogen) atoms. The van der Waals surface area contributed by atoms with Crippen molar-refractivity contribution >= 4 is 5.91 Å². The summed E-state index contributed by atoms with van der Waals surface area (Å²) in [6, 6.07) is 10.1. The predicted octanol–water partition coefficient (Wildman–Crippen LogP) is 1.70. The lowest BCUT2D eigenvalue weighted by atomic mass is 10.0. The van der Waals surface area contributed by atoms with Gasteiger partial charge in [0.15, 0.2) is 0 Å². The first-order valence-electron chi connectivity index (χ1n) is 7.33. The Morgan fingerprint density at radius 2 is 2.00 bits per heavy atom. The van der Waals surface area contributed by atoms with Crippen molar-refractivity contribution in [1.29, 1.82) is 0 Å². The number of carbonyl (C=O) groups is 1. The lowest BCUT2D eigenvalue weighted by molar-refractivity contribution is 0.0703. The number of carbonyl (C=O) groups excluding carboxylic acids is 1. The van der Waals surface area contributed by atoms with Crippen LogP contribution in [0.2, 0.25) is 0 Å². The molecule has 1 amide bonds. The second-order valence-corrected chi connectivity index (χ2v) is 5.41. The maximum absolute atomic E-state index is 12.5. The van der Waals surface area contributed by atoms with Crippen molar-refractivity contribution in [2.75, 3.05) is 20.1 Å². The Kier molecular flexibility index (Phi) is 4.01. The Hall–Kier alpha value is -2.14. The molecular weight excluding hydrogens is 264 g/mol. The third kappa shape index (κ3) is 2.97. The minimum atomic E-state index is 0.0454. The van der Waals surface area contributed by atoms with E-state index in [1.807, 2.05) is 42.3 Å². The van der Waals surface area contributed by atoms with Crippen LogP contribution in [0.1, 0.15) is 23.2 Å². The fourth-order valence-electron chi connectivity index (χ4n) is 2.72. The summed E-state index contributed by atoms with van der Waals surface area (Å²) in [5, 5.41) is 7.61. The van der Waals surface area contributed by atoms with Crippen LogP contribution in [0.15, 0.2) is 42.7 Å². The van der Waals surface area contributed by atoms with Crippen LogP contribution in [-0.4, -0.2) is 46.8 Å². The monoisotopic (exact) mass is 284 g/mol. The van der Waals surface area contributed by atoms with Crippen LogP contribution in [-0.2, 0) is 0 Å². The molecule has 1 fully saturated rings. The smallest absolute Gasteiger partial charge is 0.257 e. The molecular formula is C16H20N4O. The number of nitrogens with one attached hydrogen (secondary N) is 1. The van der Waals surface area contributed by atoms with E-state index in [2.05, 4.69) is 10.4 Å². The minimum absolute atomic E-state index is 0.0454. The summed E-state index contributed by atoms with van der Waals surface area (Å²) in [6.07, 6.45) is 5.46. The zero-order valence-corrected chi connectivity index (χ0v) is 12.2. The minimum Gasteiger partial charge on any atom is -0.339 e. The Bertz CT molecular complexity index is 602. The van der Waals surface area contributed by atoms with Gasteiger partial charge >= 0.3 is 0 Å². The first-order valence-corrected chi connectivity index (χ1v) is 7.33. The molecule has 1 N–H and O–H groups in total. The number of rotatable bonds is 3. The molecule has 0 bridgehead atoms. The summed E-state index contributed by atoms with van der Waals surface area (Å²) in [7, 11) is 1.89. The van der Waals surface area contributed by atoms with E-state index in [4.69, 9.17) is 0 Å². The van der Waals surface area contributed by atoms with E-state index in [1.165, 1.54) is 0 Å². The average molecular weight is 284 g/mol. The molecule has 0 atom stereocenters. The maximum Gasteiger partial charge on any atom is 0.257 e. The van der Waals surface area contributed by atoms with Crippen molar-refractivity contribution in [3.8, 4) is 5.69 Å². The van der Waals surface area contributed by atoms with Crippen LogP contribution < -0.4 is 5.32 Å². The summed E-state index contributed by atoms with van der Waals surface area (Å²) >= 11 is 0. The summed E-state index contributed by atoms with van der Waals surface area (Å²) in [6.45, 7) is 1.96. The van der Waals surface area contributed by atoms with Gasteiger partial charge in [0.05, 0.1) is 17.4 Å². The molecule has 1 aromatic heterocycles. The van der Waals surface area contributed by atoms with E-state index >= 15 is 0 Å². The molecule has 0 spiro atoms. The molecule has 0 saturated carbocycles. The number of aromatic nitrogens is 2. The molecule has 1 aliphatic heterocycles. The van der Waals surface area contributed by atoms with Gasteiger partial charge in [-0.3, -0.25) is 4.79 Å². The van der Waals surface area contributed by atoms with Gasteiger partial charge in [0.25, 0.3) is 5.91 Å². The Morgan fingerprint density at radius 1 is 1.29 bits per heavy atom. The van der Waals surface area contributed by atoms with Crippen LogP contribution in [0.4, 0.5) is 0 Å². The molecule has 0 unspecified atom stereocenters. The molecule has 1 aliphatic rings. The van der Waals surface area contributed by atoms with Gasteiger partial charge in [0, 0.05) is 19.3 Å². The number of para-hydroxylation sites is 1. The molecule has 0 aliphatic carbocycles. The van der Waals surface area contributed by atoms with Gasteiger partial charge in [-0.25, -0.2) is 4.68 Å². The number of benzene rings is 1. The van der Waals surface area contributed by atoms with Gasteiger partial charge in [0.2, 0.25) is 0 Å². The molecule has 1 aromatic carbocycles. The SMILES string of the molecule is CN(C(=O)c1cnn(-c2ccccc2)c1)C1CCNCC1. The normalized spacial score (nSPS) is 15.9. The summed E-state index contributed by atoms with van der Waals surface area (Å²) in [5.41, 5.74) is 1.60. The Labute approximate surface area is 124 Å². The first kappa shape index (κ1) is 13.8. The maximum atomic E-state index is 12.5. The van der Waals surface area contributed by atoms with Gasteiger partial charge in [-0.1, -0.05) is 18.2 Å². The van der Waals surface area contributed by atoms with Gasteiger partial charge in [-0.15, -0.1) is 0 Å². The molecule has 5 heteroatoms. The molecule has 2 heterocycles. The van der Waals surface area contributed by atoms with E-state index in [1.54, 1.807) is 17.1 Å². The average Bonchev–Trinajstić information content (AvgIpc) is 3.05. The third-order valence-corrected chi connectivity index (χ3v) is 4.03. The lowest BCUT2D eigenvalue weighted by Gasteiger charge is -2.31. The Balaban J connectivity index is 1.74. The number of hydrogen-bond donors (Lipinski definition) is 1. The fraction of sp³-hybridized carbons (Fsp3) is 0.375. The van der Waals surface area contributed by atoms with Crippen molar-refractivity contribution in [3.63, 3.8) is 0 Å². The molecule has 2 aromatic rings. The van der Waals surface area contributed by atoms with E-state index in [0.717, 1.165) is 31.6 Å². The number of amides is 1. The van der Waals surface area contributed by atoms with Gasteiger partial charge in [-0.2, -0.15) is 5.10 Å². The van der Waals surface area contributed by atoms with Crippen LogP contribution >= 0.6 is 0 Å². The van der Waals surface area contributed by atoms with Gasteiger partial charge < -0.3 is 10.2 Å². The number of nitrogens with zero attached hydrogens (tertiary/aromatic N) is 3. The van der Waals surface area contributed by atoms with Gasteiger partial charge in [-0.05, 0) is 38.1 Å². The molecule has 110 valence electrons. The molecule has 1 saturated heterocycles. The first-order chi connectivity index (χ1) is 10.3. The van der Waals surface area contributed by atoms with E-state index < -0.39 is 0 Å². The van der Waals surface area contributed by atoms with E-state index in [0.29, 0.717) is 11.6 Å². The predicted molar refractivity (Wildman–Crippen MR) is 81.5 cm³/mol. The van der Waals surface area contributed by atoms with E-state index in [9.17, 15) is 4.79 Å². The highest BCUT2D eigenvalue weighted by atomic mass is 16.2. The highest BCUT2D eigenvalue weighted by Gasteiger charge is 2.23. The Morgan fingerprint density at radius 3 is 2.71 bits per heavy atom. The standard InChI is InChI=1S/C16H20N4O/c1-19(14-7-9-17-10-8-14)16(21)13-11-18-20(12-13)15-5-3-2-4-6-15/h2-6,11-12,14,17H,7-10H2,1H3. The van der Waals surface area contributed by atoms with Crippen LogP contribution in [0, 0.1) is 0 Å². The molecule has 0 radical (unpaired) electrons. The van der Waals surface area contributed by atoms with Crippen LogP contribution in [0.5, 0.6) is 0 Å². The van der Waals surface area contributed by atoms with Crippen molar-refractivity contribution < 1.29 is 4.79 Å².